The second-order valence-corrected chi connectivity index (χ2v) is 5.83. The van der Waals surface area contributed by atoms with Gasteiger partial charge in [-0.25, -0.2) is 13.1 Å². The molecule has 2 aromatic heterocycles. The third-order valence-corrected chi connectivity index (χ3v) is 3.80. The third kappa shape index (κ3) is 3.65. The summed E-state index contributed by atoms with van der Waals surface area (Å²) < 4.78 is 36.4. The Labute approximate surface area is 116 Å². The minimum atomic E-state index is -3.65. The second-order valence-electron chi connectivity index (χ2n) is 4.13. The largest absolute Gasteiger partial charge is 0.447 e. The molecule has 8 nitrogen and oxygen atoms in total. The minimum absolute atomic E-state index is 0.105. The van der Waals surface area contributed by atoms with Gasteiger partial charge < -0.3 is 14.3 Å². The van der Waals surface area contributed by atoms with Crippen LogP contribution in [-0.4, -0.2) is 32.2 Å². The van der Waals surface area contributed by atoms with Gasteiger partial charge in [-0.2, -0.15) is 4.98 Å². The van der Waals surface area contributed by atoms with Gasteiger partial charge in [-0.05, 0) is 19.2 Å². The molecule has 110 valence electrons. The minimum Gasteiger partial charge on any atom is -0.447 e. The Morgan fingerprint density at radius 1 is 1.35 bits per heavy atom. The lowest BCUT2D eigenvalue weighted by molar-refractivity contribution is 0.387. The van der Waals surface area contributed by atoms with Gasteiger partial charge in [0.05, 0.1) is 6.54 Å². The summed E-state index contributed by atoms with van der Waals surface area (Å²) >= 11 is 0. The van der Waals surface area contributed by atoms with Crippen molar-refractivity contribution in [1.82, 2.24) is 20.2 Å². The maximum atomic E-state index is 12.0. The highest BCUT2D eigenvalue weighted by Crippen LogP contribution is 2.13. The number of nitrogens with zero attached hydrogens (tertiary/aromatic N) is 2. The van der Waals surface area contributed by atoms with Gasteiger partial charge in [0.25, 0.3) is 10.0 Å². The lowest BCUT2D eigenvalue weighted by Gasteiger charge is -2.02. The van der Waals surface area contributed by atoms with Crippen molar-refractivity contribution < 1.29 is 17.4 Å². The summed E-state index contributed by atoms with van der Waals surface area (Å²) in [6.45, 7) is 2.31. The van der Waals surface area contributed by atoms with E-state index in [1.165, 1.54) is 6.07 Å². The van der Waals surface area contributed by atoms with Crippen LogP contribution in [0.3, 0.4) is 0 Å². The van der Waals surface area contributed by atoms with Crippen LogP contribution in [0, 0.1) is 6.92 Å². The van der Waals surface area contributed by atoms with Crippen molar-refractivity contribution in [2.45, 2.75) is 25.0 Å². The fourth-order valence-electron chi connectivity index (χ4n) is 1.58. The summed E-state index contributed by atoms with van der Waals surface area (Å²) in [6.07, 6.45) is 0.348. The normalized spacial score (nSPS) is 11.9. The first-order valence-electron chi connectivity index (χ1n) is 6.03. The maximum Gasteiger partial charge on any atom is 0.273 e. The predicted molar refractivity (Wildman–Crippen MR) is 69.4 cm³/mol. The average molecular weight is 300 g/mol. The predicted octanol–water partition coefficient (Wildman–Crippen LogP) is 0.211. The highest BCUT2D eigenvalue weighted by atomic mass is 32.2. The number of hydrogen-bond acceptors (Lipinski definition) is 7. The van der Waals surface area contributed by atoms with E-state index < -0.39 is 10.0 Å². The molecule has 0 saturated heterocycles. The molecule has 2 aromatic rings. The molecule has 2 rings (SSSR count). The van der Waals surface area contributed by atoms with E-state index in [0.717, 1.165) is 0 Å². The van der Waals surface area contributed by atoms with E-state index >= 15 is 0 Å². The first-order valence-corrected chi connectivity index (χ1v) is 7.52. The summed E-state index contributed by atoms with van der Waals surface area (Å²) in [5, 5.41) is 6.46. The van der Waals surface area contributed by atoms with Gasteiger partial charge in [-0.15, -0.1) is 0 Å². The third-order valence-electron chi connectivity index (χ3n) is 2.46. The van der Waals surface area contributed by atoms with Crippen molar-refractivity contribution in [1.29, 1.82) is 0 Å². The smallest absolute Gasteiger partial charge is 0.273 e. The Morgan fingerprint density at radius 2 is 2.15 bits per heavy atom. The van der Waals surface area contributed by atoms with Crippen molar-refractivity contribution in [2.75, 3.05) is 13.6 Å². The zero-order valence-electron chi connectivity index (χ0n) is 11.2. The van der Waals surface area contributed by atoms with Crippen molar-refractivity contribution in [3.8, 4) is 0 Å². The summed E-state index contributed by atoms with van der Waals surface area (Å²) in [5.41, 5.74) is 0. The van der Waals surface area contributed by atoms with E-state index in [0.29, 0.717) is 30.4 Å². The molecule has 0 bridgehead atoms. The highest BCUT2D eigenvalue weighted by Gasteiger charge is 2.18. The standard InChI is InChI=1S/C11H16N4O4S/c1-8-14-10(15-19-8)5-6-13-20(16,17)11-4-3-9(18-11)7-12-2/h3-4,12-13H,5-7H2,1-2H3. The number of sulfonamides is 1. The van der Waals surface area contributed by atoms with Gasteiger partial charge in [0, 0.05) is 19.9 Å². The molecule has 0 spiro atoms. The van der Waals surface area contributed by atoms with Crippen LogP contribution in [0.2, 0.25) is 0 Å². The molecule has 0 unspecified atom stereocenters. The lowest BCUT2D eigenvalue weighted by atomic mass is 10.4. The molecule has 9 heteroatoms. The van der Waals surface area contributed by atoms with Crippen molar-refractivity contribution in [2.24, 2.45) is 0 Å². The number of aryl methyl sites for hydroxylation is 1. The molecule has 0 radical (unpaired) electrons. The van der Waals surface area contributed by atoms with Gasteiger partial charge in [0.1, 0.15) is 5.76 Å². The van der Waals surface area contributed by atoms with Crippen molar-refractivity contribution in [3.05, 3.63) is 29.6 Å². The summed E-state index contributed by atoms with van der Waals surface area (Å²) in [5.74, 6) is 1.47. The molecule has 20 heavy (non-hydrogen) atoms. The Morgan fingerprint density at radius 3 is 2.80 bits per heavy atom. The molecular weight excluding hydrogens is 284 g/mol. The van der Waals surface area contributed by atoms with Crippen molar-refractivity contribution in [3.63, 3.8) is 0 Å². The highest BCUT2D eigenvalue weighted by molar-refractivity contribution is 7.89. The van der Waals surface area contributed by atoms with Gasteiger partial charge in [-0.1, -0.05) is 5.16 Å². The molecule has 0 atom stereocenters. The van der Waals surface area contributed by atoms with Crippen LogP contribution >= 0.6 is 0 Å². The topological polar surface area (TPSA) is 110 Å². The van der Waals surface area contributed by atoms with Crippen LogP contribution in [0.15, 0.2) is 26.2 Å². The molecule has 0 saturated carbocycles. The Bertz CT molecular complexity index is 662. The summed E-state index contributed by atoms with van der Waals surface area (Å²) in [6, 6.07) is 3.04. The van der Waals surface area contributed by atoms with Gasteiger partial charge in [-0.3, -0.25) is 0 Å². The number of furan rings is 1. The Balaban J connectivity index is 1.92. The van der Waals surface area contributed by atoms with E-state index in [1.807, 2.05) is 0 Å². The molecule has 0 aliphatic carbocycles. The van der Waals surface area contributed by atoms with Crippen molar-refractivity contribution >= 4 is 10.0 Å². The second kappa shape index (κ2) is 6.16. The Kier molecular flexibility index (Phi) is 4.53. The lowest BCUT2D eigenvalue weighted by Crippen LogP contribution is -2.25. The quantitative estimate of drug-likeness (QED) is 0.752. The van der Waals surface area contributed by atoms with Crippen LogP contribution in [0.25, 0.3) is 0 Å². The SMILES string of the molecule is CNCc1ccc(S(=O)(=O)NCCc2noc(C)n2)o1. The molecule has 2 heterocycles. The van der Waals surface area contributed by atoms with Crippen LogP contribution in [0.5, 0.6) is 0 Å². The zero-order chi connectivity index (χ0) is 14.6. The molecule has 0 aliphatic rings. The maximum absolute atomic E-state index is 12.0. The average Bonchev–Trinajstić information content (AvgIpc) is 2.99. The first kappa shape index (κ1) is 14.7. The van der Waals surface area contributed by atoms with Crippen LogP contribution in [-0.2, 0) is 23.0 Å². The van der Waals surface area contributed by atoms with Crippen LogP contribution < -0.4 is 10.0 Å². The number of hydrogen-bond donors (Lipinski definition) is 2. The summed E-state index contributed by atoms with van der Waals surface area (Å²) in [7, 11) is -1.90. The molecule has 0 aliphatic heterocycles. The fraction of sp³-hybridized carbons (Fsp3) is 0.455. The van der Waals surface area contributed by atoms with Gasteiger partial charge >= 0.3 is 0 Å². The molecule has 0 fully saturated rings. The number of aromatic nitrogens is 2. The number of nitrogens with one attached hydrogen (secondary N) is 2. The van der Waals surface area contributed by atoms with Crippen LogP contribution in [0.1, 0.15) is 17.5 Å². The van der Waals surface area contributed by atoms with Gasteiger partial charge in [0.2, 0.25) is 11.0 Å². The Hall–Kier alpha value is -1.71. The summed E-state index contributed by atoms with van der Waals surface area (Å²) in [4.78, 5) is 3.99. The first-order chi connectivity index (χ1) is 9.51. The number of rotatable bonds is 7. The molecule has 0 amide bonds. The molecule has 2 N–H and O–H groups in total. The van der Waals surface area contributed by atoms with Gasteiger partial charge in [0.15, 0.2) is 5.82 Å². The van der Waals surface area contributed by atoms with E-state index in [4.69, 9.17) is 8.94 Å². The fourth-order valence-corrected chi connectivity index (χ4v) is 2.56. The van der Waals surface area contributed by atoms with E-state index in [2.05, 4.69) is 20.2 Å². The van der Waals surface area contributed by atoms with E-state index in [9.17, 15) is 8.42 Å². The monoisotopic (exact) mass is 300 g/mol. The molecule has 0 aromatic carbocycles. The molecular formula is C11H16N4O4S. The van der Waals surface area contributed by atoms with Crippen LogP contribution in [0.4, 0.5) is 0 Å². The van der Waals surface area contributed by atoms with E-state index in [-0.39, 0.29) is 11.6 Å². The zero-order valence-corrected chi connectivity index (χ0v) is 12.0. The van der Waals surface area contributed by atoms with E-state index in [1.54, 1.807) is 20.0 Å².